The predicted molar refractivity (Wildman–Crippen MR) is 88.4 cm³/mol. The lowest BCUT2D eigenvalue weighted by molar-refractivity contribution is 0.104. The summed E-state index contributed by atoms with van der Waals surface area (Å²) in [5.74, 6) is 0.647. The molecule has 0 heterocycles. The van der Waals surface area contributed by atoms with Gasteiger partial charge in [0.1, 0.15) is 11.5 Å². The summed E-state index contributed by atoms with van der Waals surface area (Å²) in [6.45, 7) is 3.58. The largest absolute Gasteiger partial charge is 0.507 e. The lowest BCUT2D eigenvalue weighted by atomic mass is 10.0. The van der Waals surface area contributed by atoms with Gasteiger partial charge in [0, 0.05) is 22.4 Å². The molecule has 0 aliphatic carbocycles. The van der Waals surface area contributed by atoms with E-state index >= 15 is 0 Å². The van der Waals surface area contributed by atoms with Crippen LogP contribution in [-0.4, -0.2) is 18.0 Å². The van der Waals surface area contributed by atoms with Crippen molar-refractivity contribution in [3.05, 3.63) is 58.7 Å². The third-order valence-corrected chi connectivity index (χ3v) is 3.52. The van der Waals surface area contributed by atoms with E-state index in [0.717, 1.165) is 11.1 Å². The SMILES string of the molecule is COc1c(/C=C/C(=O)c2ccc(N)cc2)cc(C)c(O)c1C. The number of phenolic OH excluding ortho intramolecular Hbond substituents is 1. The van der Waals surface area contributed by atoms with E-state index in [1.807, 2.05) is 0 Å². The lowest BCUT2D eigenvalue weighted by Gasteiger charge is -2.12. The van der Waals surface area contributed by atoms with Crippen LogP contribution in [0.15, 0.2) is 36.4 Å². The number of aromatic hydroxyl groups is 1. The average molecular weight is 297 g/mol. The van der Waals surface area contributed by atoms with Crippen LogP contribution in [0.4, 0.5) is 5.69 Å². The molecule has 0 radical (unpaired) electrons. The number of nitrogen functional groups attached to an aromatic ring is 1. The van der Waals surface area contributed by atoms with Crippen molar-refractivity contribution in [3.8, 4) is 11.5 Å². The van der Waals surface area contributed by atoms with E-state index in [2.05, 4.69) is 0 Å². The molecule has 0 atom stereocenters. The topological polar surface area (TPSA) is 72.5 Å². The van der Waals surface area contributed by atoms with Gasteiger partial charge < -0.3 is 15.6 Å². The molecule has 0 saturated heterocycles. The summed E-state index contributed by atoms with van der Waals surface area (Å²) >= 11 is 0. The molecule has 0 bridgehead atoms. The summed E-state index contributed by atoms with van der Waals surface area (Å²) in [5.41, 5.74) is 8.93. The van der Waals surface area contributed by atoms with Crippen molar-refractivity contribution in [3.63, 3.8) is 0 Å². The van der Waals surface area contributed by atoms with Crippen LogP contribution in [0.25, 0.3) is 6.08 Å². The molecule has 22 heavy (non-hydrogen) atoms. The quantitative estimate of drug-likeness (QED) is 0.514. The number of carbonyl (C=O) groups is 1. The van der Waals surface area contributed by atoms with E-state index in [4.69, 9.17) is 10.5 Å². The molecule has 0 aliphatic rings. The molecule has 0 spiro atoms. The van der Waals surface area contributed by atoms with Gasteiger partial charge in [0.2, 0.25) is 0 Å². The Morgan fingerprint density at radius 3 is 2.45 bits per heavy atom. The van der Waals surface area contributed by atoms with E-state index in [9.17, 15) is 9.90 Å². The molecule has 4 heteroatoms. The number of ketones is 1. The minimum absolute atomic E-state index is 0.120. The highest BCUT2D eigenvalue weighted by Gasteiger charge is 2.12. The summed E-state index contributed by atoms with van der Waals surface area (Å²) in [6.07, 6.45) is 3.18. The second-order valence-corrected chi connectivity index (χ2v) is 5.11. The van der Waals surface area contributed by atoms with Gasteiger partial charge in [0.05, 0.1) is 7.11 Å². The Labute approximate surface area is 129 Å². The van der Waals surface area contributed by atoms with Crippen LogP contribution in [0.2, 0.25) is 0 Å². The van der Waals surface area contributed by atoms with Crippen molar-refractivity contribution in [2.75, 3.05) is 12.8 Å². The summed E-state index contributed by atoms with van der Waals surface area (Å²) < 4.78 is 5.33. The molecular weight excluding hydrogens is 278 g/mol. The van der Waals surface area contributed by atoms with Gasteiger partial charge in [-0.15, -0.1) is 0 Å². The zero-order valence-electron chi connectivity index (χ0n) is 12.9. The molecule has 0 fully saturated rings. The number of hydrogen-bond donors (Lipinski definition) is 2. The van der Waals surface area contributed by atoms with Crippen LogP contribution in [0.5, 0.6) is 11.5 Å². The van der Waals surface area contributed by atoms with Crippen LogP contribution < -0.4 is 10.5 Å². The second-order valence-electron chi connectivity index (χ2n) is 5.11. The number of hydrogen-bond acceptors (Lipinski definition) is 4. The average Bonchev–Trinajstić information content (AvgIpc) is 2.51. The minimum atomic E-state index is -0.120. The number of nitrogens with two attached hydrogens (primary N) is 1. The Balaban J connectivity index is 2.34. The first-order valence-corrected chi connectivity index (χ1v) is 6.89. The number of methoxy groups -OCH3 is 1. The molecule has 0 aliphatic heterocycles. The van der Waals surface area contributed by atoms with E-state index in [-0.39, 0.29) is 11.5 Å². The Hall–Kier alpha value is -2.75. The first kappa shape index (κ1) is 15.6. The molecule has 4 nitrogen and oxygen atoms in total. The molecule has 0 amide bonds. The van der Waals surface area contributed by atoms with Gasteiger partial charge >= 0.3 is 0 Å². The molecule has 0 aromatic heterocycles. The highest BCUT2D eigenvalue weighted by Crippen LogP contribution is 2.34. The fourth-order valence-corrected chi connectivity index (χ4v) is 2.29. The number of allylic oxidation sites excluding steroid dienone is 1. The number of carbonyl (C=O) groups excluding carboxylic acids is 1. The Bertz CT molecular complexity index is 731. The number of anilines is 1. The van der Waals surface area contributed by atoms with Gasteiger partial charge in [0.15, 0.2) is 5.78 Å². The third kappa shape index (κ3) is 3.11. The van der Waals surface area contributed by atoms with Crippen molar-refractivity contribution < 1.29 is 14.6 Å². The van der Waals surface area contributed by atoms with Crippen molar-refractivity contribution in [2.24, 2.45) is 0 Å². The monoisotopic (exact) mass is 297 g/mol. The van der Waals surface area contributed by atoms with E-state index in [1.165, 1.54) is 13.2 Å². The van der Waals surface area contributed by atoms with Gasteiger partial charge in [0.25, 0.3) is 0 Å². The number of phenols is 1. The van der Waals surface area contributed by atoms with Crippen molar-refractivity contribution >= 4 is 17.5 Å². The number of rotatable bonds is 4. The van der Waals surface area contributed by atoms with E-state index in [1.54, 1.807) is 50.3 Å². The Kier molecular flexibility index (Phi) is 4.51. The van der Waals surface area contributed by atoms with Gasteiger partial charge in [-0.1, -0.05) is 0 Å². The molecule has 114 valence electrons. The highest BCUT2D eigenvalue weighted by atomic mass is 16.5. The zero-order chi connectivity index (χ0) is 16.3. The number of benzene rings is 2. The van der Waals surface area contributed by atoms with Crippen LogP contribution in [0.1, 0.15) is 27.0 Å². The van der Waals surface area contributed by atoms with Crippen LogP contribution in [-0.2, 0) is 0 Å². The normalized spacial score (nSPS) is 10.9. The van der Waals surface area contributed by atoms with E-state index in [0.29, 0.717) is 22.6 Å². The van der Waals surface area contributed by atoms with Gasteiger partial charge in [-0.3, -0.25) is 4.79 Å². The number of aryl methyl sites for hydroxylation is 1. The second kappa shape index (κ2) is 6.35. The molecule has 0 unspecified atom stereocenters. The van der Waals surface area contributed by atoms with Crippen LogP contribution >= 0.6 is 0 Å². The number of ether oxygens (including phenoxy) is 1. The summed E-state index contributed by atoms with van der Waals surface area (Å²) in [6, 6.07) is 8.54. The molecule has 2 rings (SSSR count). The summed E-state index contributed by atoms with van der Waals surface area (Å²) in [7, 11) is 1.54. The molecule has 2 aromatic rings. The van der Waals surface area contributed by atoms with Crippen molar-refractivity contribution in [1.29, 1.82) is 0 Å². The smallest absolute Gasteiger partial charge is 0.185 e. The maximum atomic E-state index is 12.1. The van der Waals surface area contributed by atoms with Crippen molar-refractivity contribution in [1.82, 2.24) is 0 Å². The Morgan fingerprint density at radius 1 is 1.23 bits per heavy atom. The minimum Gasteiger partial charge on any atom is -0.507 e. The highest BCUT2D eigenvalue weighted by molar-refractivity contribution is 6.07. The van der Waals surface area contributed by atoms with Gasteiger partial charge in [-0.05, 0) is 61.9 Å². The summed E-state index contributed by atoms with van der Waals surface area (Å²) in [4.78, 5) is 12.1. The van der Waals surface area contributed by atoms with Crippen LogP contribution in [0, 0.1) is 13.8 Å². The zero-order valence-corrected chi connectivity index (χ0v) is 12.9. The van der Waals surface area contributed by atoms with Gasteiger partial charge in [-0.25, -0.2) is 0 Å². The van der Waals surface area contributed by atoms with Crippen molar-refractivity contribution in [2.45, 2.75) is 13.8 Å². The molecule has 3 N–H and O–H groups in total. The molecule has 2 aromatic carbocycles. The standard InChI is InChI=1S/C18H19NO3/c1-11-10-14(18(22-3)12(2)17(11)21)6-9-16(20)13-4-7-15(19)8-5-13/h4-10,21H,19H2,1-3H3/b9-6+. The first-order valence-electron chi connectivity index (χ1n) is 6.89. The third-order valence-electron chi connectivity index (χ3n) is 3.52. The fourth-order valence-electron chi connectivity index (χ4n) is 2.29. The summed E-state index contributed by atoms with van der Waals surface area (Å²) in [5, 5.41) is 9.94. The molecule has 0 saturated carbocycles. The first-order chi connectivity index (χ1) is 10.4. The molecular formula is C18H19NO3. The van der Waals surface area contributed by atoms with E-state index < -0.39 is 0 Å². The Morgan fingerprint density at radius 2 is 1.86 bits per heavy atom. The maximum Gasteiger partial charge on any atom is 0.185 e. The van der Waals surface area contributed by atoms with Gasteiger partial charge in [-0.2, -0.15) is 0 Å². The lowest BCUT2D eigenvalue weighted by Crippen LogP contribution is -1.96. The van der Waals surface area contributed by atoms with Crippen LogP contribution in [0.3, 0.4) is 0 Å². The fraction of sp³-hybridized carbons (Fsp3) is 0.167. The predicted octanol–water partition coefficient (Wildman–Crippen LogP) is 3.50. The maximum absolute atomic E-state index is 12.1.